The van der Waals surface area contributed by atoms with Crippen molar-refractivity contribution in [1.29, 1.82) is 0 Å². The summed E-state index contributed by atoms with van der Waals surface area (Å²) in [5, 5.41) is 20.7. The summed E-state index contributed by atoms with van der Waals surface area (Å²) in [6.45, 7) is 6.17. The van der Waals surface area contributed by atoms with E-state index in [1.807, 2.05) is 13.8 Å². The normalized spacial score (nSPS) is 13.7. The van der Waals surface area contributed by atoms with Gasteiger partial charge in [-0.05, 0) is 25.2 Å². The first-order valence-corrected chi connectivity index (χ1v) is 6.99. The number of nitrogens with one attached hydrogen (secondary N) is 3. The SMILES string of the molecule is CC(C)CC(CNC(=O)NC(C)c1ncn[nH]1)CC(=O)O. The molecule has 118 valence electrons. The second-order valence-electron chi connectivity index (χ2n) is 5.54. The minimum atomic E-state index is -0.849. The van der Waals surface area contributed by atoms with E-state index < -0.39 is 5.97 Å². The molecule has 0 aromatic carbocycles. The van der Waals surface area contributed by atoms with Crippen LogP contribution >= 0.6 is 0 Å². The predicted octanol–water partition coefficient (Wildman–Crippen LogP) is 1.30. The van der Waals surface area contributed by atoms with Crippen molar-refractivity contribution < 1.29 is 14.7 Å². The van der Waals surface area contributed by atoms with Crippen LogP contribution in [0.15, 0.2) is 6.33 Å². The number of carboxylic acid groups (broad SMARTS) is 1. The van der Waals surface area contributed by atoms with Crippen molar-refractivity contribution >= 4 is 12.0 Å². The smallest absolute Gasteiger partial charge is 0.315 e. The number of hydrogen-bond donors (Lipinski definition) is 4. The largest absolute Gasteiger partial charge is 0.481 e. The molecule has 1 aromatic heterocycles. The standard InChI is InChI=1S/C13H23N5O3/c1-8(2)4-10(5-11(19)20)6-14-13(21)17-9(3)12-15-7-16-18-12/h7-10H,4-6H2,1-3H3,(H,19,20)(H2,14,17,21)(H,15,16,18). The maximum atomic E-state index is 11.8. The number of carbonyl (C=O) groups excluding carboxylic acids is 1. The molecule has 1 aromatic rings. The quantitative estimate of drug-likeness (QED) is 0.576. The lowest BCUT2D eigenvalue weighted by Crippen LogP contribution is -2.40. The third-order valence-electron chi connectivity index (χ3n) is 3.01. The summed E-state index contributed by atoms with van der Waals surface area (Å²) >= 11 is 0. The fourth-order valence-corrected chi connectivity index (χ4v) is 2.13. The molecule has 0 saturated carbocycles. The number of aromatic nitrogens is 3. The topological polar surface area (TPSA) is 120 Å². The molecule has 4 N–H and O–H groups in total. The molecule has 2 unspecified atom stereocenters. The van der Waals surface area contributed by atoms with Crippen LogP contribution in [0, 0.1) is 11.8 Å². The third-order valence-corrected chi connectivity index (χ3v) is 3.01. The Kier molecular flexibility index (Phi) is 6.64. The Morgan fingerprint density at radius 1 is 1.38 bits per heavy atom. The number of hydrogen-bond acceptors (Lipinski definition) is 4. The molecule has 0 saturated heterocycles. The third kappa shape index (κ3) is 6.73. The average molecular weight is 297 g/mol. The highest BCUT2D eigenvalue weighted by Gasteiger charge is 2.17. The van der Waals surface area contributed by atoms with Crippen molar-refractivity contribution in [3.63, 3.8) is 0 Å². The molecule has 1 rings (SSSR count). The van der Waals surface area contributed by atoms with Gasteiger partial charge in [-0.15, -0.1) is 0 Å². The summed E-state index contributed by atoms with van der Waals surface area (Å²) in [6, 6.07) is -0.645. The van der Waals surface area contributed by atoms with E-state index in [0.29, 0.717) is 18.3 Å². The van der Waals surface area contributed by atoms with E-state index in [2.05, 4.69) is 25.8 Å². The van der Waals surface area contributed by atoms with Crippen LogP contribution in [0.5, 0.6) is 0 Å². The Balaban J connectivity index is 2.40. The van der Waals surface area contributed by atoms with Gasteiger partial charge in [-0.3, -0.25) is 9.89 Å². The molecule has 0 aliphatic rings. The summed E-state index contributed by atoms with van der Waals surface area (Å²) in [6.07, 6.45) is 2.18. The van der Waals surface area contributed by atoms with Crippen LogP contribution < -0.4 is 10.6 Å². The molecular weight excluding hydrogens is 274 g/mol. The van der Waals surface area contributed by atoms with Gasteiger partial charge in [0.1, 0.15) is 12.2 Å². The minimum Gasteiger partial charge on any atom is -0.481 e. The molecule has 2 amide bonds. The number of carbonyl (C=O) groups is 2. The van der Waals surface area contributed by atoms with Crippen LogP contribution in [0.25, 0.3) is 0 Å². The molecule has 0 fully saturated rings. The van der Waals surface area contributed by atoms with Crippen molar-refractivity contribution in [3.8, 4) is 0 Å². The fourth-order valence-electron chi connectivity index (χ4n) is 2.13. The zero-order chi connectivity index (χ0) is 15.8. The van der Waals surface area contributed by atoms with E-state index in [1.165, 1.54) is 6.33 Å². The number of aromatic amines is 1. The number of amides is 2. The molecule has 0 aliphatic heterocycles. The molecule has 1 heterocycles. The summed E-state index contributed by atoms with van der Waals surface area (Å²) in [5.74, 6) is 0.0217. The molecule has 21 heavy (non-hydrogen) atoms. The van der Waals surface area contributed by atoms with Crippen LogP contribution in [0.3, 0.4) is 0 Å². The van der Waals surface area contributed by atoms with E-state index in [1.54, 1.807) is 6.92 Å². The van der Waals surface area contributed by atoms with Gasteiger partial charge >= 0.3 is 12.0 Å². The van der Waals surface area contributed by atoms with Gasteiger partial charge in [0.2, 0.25) is 0 Å². The van der Waals surface area contributed by atoms with Crippen molar-refractivity contribution in [2.45, 2.75) is 39.7 Å². The Morgan fingerprint density at radius 3 is 2.62 bits per heavy atom. The van der Waals surface area contributed by atoms with Gasteiger partial charge in [-0.25, -0.2) is 9.78 Å². The number of nitrogens with zero attached hydrogens (tertiary/aromatic N) is 2. The maximum Gasteiger partial charge on any atom is 0.315 e. The van der Waals surface area contributed by atoms with Gasteiger partial charge in [-0.1, -0.05) is 13.8 Å². The Labute approximate surface area is 123 Å². The summed E-state index contributed by atoms with van der Waals surface area (Å²) in [7, 11) is 0. The minimum absolute atomic E-state index is 0.0517. The van der Waals surface area contributed by atoms with E-state index in [9.17, 15) is 9.59 Å². The summed E-state index contributed by atoms with van der Waals surface area (Å²) in [5.41, 5.74) is 0. The summed E-state index contributed by atoms with van der Waals surface area (Å²) in [4.78, 5) is 26.6. The number of aliphatic carboxylic acids is 1. The van der Waals surface area contributed by atoms with Gasteiger partial charge in [0, 0.05) is 13.0 Å². The van der Waals surface area contributed by atoms with Gasteiger partial charge in [0.05, 0.1) is 6.04 Å². The van der Waals surface area contributed by atoms with Crippen LogP contribution in [0.2, 0.25) is 0 Å². The van der Waals surface area contributed by atoms with Gasteiger partial charge in [0.15, 0.2) is 0 Å². The fraction of sp³-hybridized carbons (Fsp3) is 0.692. The van der Waals surface area contributed by atoms with Crippen LogP contribution in [0.1, 0.15) is 45.5 Å². The molecule has 0 aliphatic carbocycles. The number of carboxylic acids is 1. The lowest BCUT2D eigenvalue weighted by atomic mass is 9.94. The Hall–Kier alpha value is -2.12. The van der Waals surface area contributed by atoms with Crippen LogP contribution in [0.4, 0.5) is 4.79 Å². The molecular formula is C13H23N5O3. The van der Waals surface area contributed by atoms with Crippen LogP contribution in [-0.4, -0.2) is 38.8 Å². The van der Waals surface area contributed by atoms with Crippen molar-refractivity contribution in [2.75, 3.05) is 6.54 Å². The Morgan fingerprint density at radius 2 is 2.10 bits per heavy atom. The highest BCUT2D eigenvalue weighted by Crippen LogP contribution is 2.14. The lowest BCUT2D eigenvalue weighted by molar-refractivity contribution is -0.138. The van der Waals surface area contributed by atoms with E-state index >= 15 is 0 Å². The van der Waals surface area contributed by atoms with E-state index in [-0.39, 0.29) is 24.4 Å². The number of H-pyrrole nitrogens is 1. The van der Waals surface area contributed by atoms with Gasteiger partial charge < -0.3 is 15.7 Å². The first kappa shape index (κ1) is 16.9. The first-order valence-electron chi connectivity index (χ1n) is 6.99. The number of urea groups is 1. The van der Waals surface area contributed by atoms with E-state index in [4.69, 9.17) is 5.11 Å². The molecule has 2 atom stereocenters. The molecule has 0 bridgehead atoms. The summed E-state index contributed by atoms with van der Waals surface area (Å²) < 4.78 is 0. The highest BCUT2D eigenvalue weighted by molar-refractivity contribution is 5.74. The van der Waals surface area contributed by atoms with Crippen molar-refractivity contribution in [2.24, 2.45) is 11.8 Å². The highest BCUT2D eigenvalue weighted by atomic mass is 16.4. The predicted molar refractivity (Wildman–Crippen MR) is 76.5 cm³/mol. The van der Waals surface area contributed by atoms with Crippen molar-refractivity contribution in [1.82, 2.24) is 25.8 Å². The molecule has 8 heteroatoms. The zero-order valence-electron chi connectivity index (χ0n) is 12.6. The van der Waals surface area contributed by atoms with Gasteiger partial charge in [0.25, 0.3) is 0 Å². The maximum absolute atomic E-state index is 11.8. The van der Waals surface area contributed by atoms with Gasteiger partial charge in [-0.2, -0.15) is 5.10 Å². The second kappa shape index (κ2) is 8.23. The van der Waals surface area contributed by atoms with E-state index in [0.717, 1.165) is 6.42 Å². The van der Waals surface area contributed by atoms with Crippen molar-refractivity contribution in [3.05, 3.63) is 12.2 Å². The average Bonchev–Trinajstić information content (AvgIpc) is 2.88. The molecule has 0 spiro atoms. The first-order chi connectivity index (χ1) is 9.88. The molecule has 0 radical (unpaired) electrons. The molecule has 8 nitrogen and oxygen atoms in total. The zero-order valence-corrected chi connectivity index (χ0v) is 12.6. The second-order valence-corrected chi connectivity index (χ2v) is 5.54. The monoisotopic (exact) mass is 297 g/mol. The number of rotatable bonds is 8. The van der Waals surface area contributed by atoms with Crippen LogP contribution in [-0.2, 0) is 4.79 Å². The Bertz CT molecular complexity index is 447. The lowest BCUT2D eigenvalue weighted by Gasteiger charge is -2.19.